The zero-order valence-corrected chi connectivity index (χ0v) is 24.4. The number of fused-ring (bicyclic) bond motifs is 2. The SMILES string of the molecule is CC1(c2ccc(Cl)cc2F)Oc2cccc(C3CCN(CC4=NC5C=CC(C(=O)O)=CC5N4C/C(C=N)=C/N)CC3)c2O1. The van der Waals surface area contributed by atoms with Crippen molar-refractivity contribution in [1.29, 1.82) is 5.41 Å². The third-order valence-corrected chi connectivity index (χ3v) is 8.82. The van der Waals surface area contributed by atoms with Crippen LogP contribution in [0, 0.1) is 11.2 Å². The van der Waals surface area contributed by atoms with Gasteiger partial charge in [0.2, 0.25) is 0 Å². The number of piperidine rings is 1. The Balaban J connectivity index is 1.15. The molecular weight excluding hydrogens is 573 g/mol. The minimum Gasteiger partial charge on any atom is -0.478 e. The van der Waals surface area contributed by atoms with E-state index in [1.54, 1.807) is 31.2 Å². The number of amidine groups is 1. The molecule has 0 radical (unpaired) electrons. The topological polar surface area (TPSA) is 124 Å². The van der Waals surface area contributed by atoms with E-state index in [1.165, 1.54) is 18.5 Å². The lowest BCUT2D eigenvalue weighted by atomic mass is 9.88. The van der Waals surface area contributed by atoms with Crippen molar-refractivity contribution in [2.45, 2.75) is 43.6 Å². The van der Waals surface area contributed by atoms with Crippen molar-refractivity contribution in [3.05, 3.63) is 93.9 Å². The molecule has 4 N–H and O–H groups in total. The molecule has 0 spiro atoms. The molecule has 4 aliphatic rings. The summed E-state index contributed by atoms with van der Waals surface area (Å²) in [5.74, 6) is -0.453. The van der Waals surface area contributed by atoms with Crippen LogP contribution in [0.2, 0.25) is 5.02 Å². The maximum Gasteiger partial charge on any atom is 0.335 e. The molecule has 43 heavy (non-hydrogen) atoms. The first-order valence-electron chi connectivity index (χ1n) is 14.3. The van der Waals surface area contributed by atoms with Gasteiger partial charge in [0.1, 0.15) is 11.7 Å². The summed E-state index contributed by atoms with van der Waals surface area (Å²) in [6, 6.07) is 9.88. The number of nitrogens with two attached hydrogens (primary N) is 1. The molecule has 224 valence electrons. The van der Waals surface area contributed by atoms with Gasteiger partial charge in [-0.1, -0.05) is 29.8 Å². The number of carbonyl (C=O) groups is 1. The van der Waals surface area contributed by atoms with Crippen molar-refractivity contribution in [3.8, 4) is 11.5 Å². The van der Waals surface area contributed by atoms with Gasteiger partial charge in [-0.15, -0.1) is 0 Å². The summed E-state index contributed by atoms with van der Waals surface area (Å²) < 4.78 is 27.3. The van der Waals surface area contributed by atoms with E-state index < -0.39 is 17.6 Å². The predicted molar refractivity (Wildman–Crippen MR) is 163 cm³/mol. The second-order valence-electron chi connectivity index (χ2n) is 11.3. The molecule has 3 heterocycles. The first-order valence-corrected chi connectivity index (χ1v) is 14.6. The van der Waals surface area contributed by atoms with E-state index in [0.29, 0.717) is 35.2 Å². The molecule has 1 aliphatic carbocycles. The predicted octanol–water partition coefficient (Wildman–Crippen LogP) is 4.83. The molecule has 1 saturated heterocycles. The van der Waals surface area contributed by atoms with Crippen LogP contribution in [0.3, 0.4) is 0 Å². The Morgan fingerprint density at radius 1 is 1.28 bits per heavy atom. The van der Waals surface area contributed by atoms with Crippen molar-refractivity contribution in [2.24, 2.45) is 10.7 Å². The number of aliphatic carboxylic acids is 1. The molecule has 2 aromatic rings. The number of halogens is 2. The number of likely N-dealkylation sites (tertiary alicyclic amines) is 1. The Labute approximate surface area is 254 Å². The standard InChI is InChI=1S/C32H33ClFN5O4/c1-32(24-7-6-22(33)14-25(24)34)42-28-4-2-3-23(30(28)43-32)20-9-11-38(12-10-20)18-29-37-26-8-5-21(31(40)41)13-27(26)39(29)17-19(15-35)16-36/h2-8,13-16,20,26-27,35H,9-12,17-18,36H2,1H3,(H,40,41)/b19-16+,35-15?. The van der Waals surface area contributed by atoms with E-state index >= 15 is 0 Å². The van der Waals surface area contributed by atoms with Crippen molar-refractivity contribution < 1.29 is 23.8 Å². The van der Waals surface area contributed by atoms with Crippen LogP contribution in [0.4, 0.5) is 4.39 Å². The first-order chi connectivity index (χ1) is 20.7. The quantitative estimate of drug-likeness (QED) is 0.368. The van der Waals surface area contributed by atoms with Crippen molar-refractivity contribution in [1.82, 2.24) is 9.80 Å². The first kappa shape index (κ1) is 28.9. The number of carboxylic acids is 1. The lowest BCUT2D eigenvalue weighted by Crippen LogP contribution is -2.46. The normalized spacial score (nSPS) is 25.4. The van der Waals surface area contributed by atoms with E-state index in [-0.39, 0.29) is 29.1 Å². The molecule has 9 nitrogen and oxygen atoms in total. The summed E-state index contributed by atoms with van der Waals surface area (Å²) in [5.41, 5.74) is 7.93. The molecule has 2 aromatic carbocycles. The van der Waals surface area contributed by atoms with Crippen LogP contribution in [-0.4, -0.2) is 71.2 Å². The van der Waals surface area contributed by atoms with Crippen LogP contribution in [-0.2, 0) is 10.6 Å². The molecule has 0 amide bonds. The zero-order chi connectivity index (χ0) is 30.3. The molecule has 11 heteroatoms. The molecule has 1 fully saturated rings. The summed E-state index contributed by atoms with van der Waals surface area (Å²) >= 11 is 5.96. The molecule has 6 rings (SSSR count). The van der Waals surface area contributed by atoms with Gasteiger partial charge in [0, 0.05) is 42.0 Å². The van der Waals surface area contributed by atoms with Gasteiger partial charge in [0.25, 0.3) is 5.79 Å². The van der Waals surface area contributed by atoms with Crippen molar-refractivity contribution in [2.75, 3.05) is 26.2 Å². The van der Waals surface area contributed by atoms with Crippen LogP contribution in [0.25, 0.3) is 0 Å². The van der Waals surface area contributed by atoms with Crippen LogP contribution in [0.15, 0.2) is 77.0 Å². The maximum absolute atomic E-state index is 14.8. The van der Waals surface area contributed by atoms with E-state index in [1.807, 2.05) is 18.2 Å². The smallest absolute Gasteiger partial charge is 0.335 e. The average Bonchev–Trinajstić information content (AvgIpc) is 3.52. The Morgan fingerprint density at radius 2 is 2.07 bits per heavy atom. The van der Waals surface area contributed by atoms with E-state index in [9.17, 15) is 14.3 Å². The number of hydrogen-bond donors (Lipinski definition) is 3. The minimum atomic E-state index is -1.30. The highest BCUT2D eigenvalue weighted by atomic mass is 35.5. The second-order valence-corrected chi connectivity index (χ2v) is 11.8. The second kappa shape index (κ2) is 11.5. The number of rotatable bonds is 8. The molecule has 3 unspecified atom stereocenters. The number of nitrogens with zero attached hydrogens (tertiary/aromatic N) is 3. The van der Waals surface area contributed by atoms with E-state index in [0.717, 1.165) is 37.3 Å². The maximum atomic E-state index is 14.8. The number of aliphatic imine (C=N–C) groups is 1. The Kier molecular flexibility index (Phi) is 7.74. The fraction of sp³-hybridized carbons (Fsp3) is 0.344. The van der Waals surface area contributed by atoms with Gasteiger partial charge < -0.3 is 30.6 Å². The Morgan fingerprint density at radius 3 is 2.77 bits per heavy atom. The van der Waals surface area contributed by atoms with Crippen LogP contribution in [0.5, 0.6) is 11.5 Å². The van der Waals surface area contributed by atoms with E-state index in [4.69, 9.17) is 37.2 Å². The fourth-order valence-electron chi connectivity index (χ4n) is 6.32. The average molecular weight is 606 g/mol. The number of ether oxygens (including phenoxy) is 2. The highest BCUT2D eigenvalue weighted by molar-refractivity contribution is 6.30. The highest BCUT2D eigenvalue weighted by Gasteiger charge is 2.43. The summed E-state index contributed by atoms with van der Waals surface area (Å²) in [7, 11) is 0. The number of carboxylic acid groups (broad SMARTS) is 1. The highest BCUT2D eigenvalue weighted by Crippen LogP contribution is 2.49. The number of nitrogens with one attached hydrogen (secondary N) is 1. The minimum absolute atomic E-state index is 0.191. The summed E-state index contributed by atoms with van der Waals surface area (Å²) in [5, 5.41) is 17.6. The van der Waals surface area contributed by atoms with Gasteiger partial charge in [-0.3, -0.25) is 9.89 Å². The van der Waals surface area contributed by atoms with Gasteiger partial charge in [-0.2, -0.15) is 0 Å². The monoisotopic (exact) mass is 605 g/mol. The largest absolute Gasteiger partial charge is 0.478 e. The van der Waals surface area contributed by atoms with Gasteiger partial charge in [0.15, 0.2) is 11.5 Å². The zero-order valence-electron chi connectivity index (χ0n) is 23.7. The molecular formula is C32H33ClFN5O4. The third kappa shape index (κ3) is 5.52. The fourth-order valence-corrected chi connectivity index (χ4v) is 6.48. The molecule has 0 saturated carbocycles. The van der Waals surface area contributed by atoms with Gasteiger partial charge >= 0.3 is 5.97 Å². The molecule has 0 bridgehead atoms. The molecule has 0 aromatic heterocycles. The summed E-state index contributed by atoms with van der Waals surface area (Å²) in [4.78, 5) is 21.0. The van der Waals surface area contributed by atoms with Crippen LogP contribution < -0.4 is 15.2 Å². The van der Waals surface area contributed by atoms with Gasteiger partial charge in [-0.05, 0) is 68.3 Å². The molecule has 3 aliphatic heterocycles. The summed E-state index contributed by atoms with van der Waals surface area (Å²) in [6.45, 7) is 4.31. The van der Waals surface area contributed by atoms with Gasteiger partial charge in [0.05, 0.1) is 29.8 Å². The van der Waals surface area contributed by atoms with Crippen LogP contribution >= 0.6 is 11.6 Å². The van der Waals surface area contributed by atoms with Gasteiger partial charge in [-0.25, -0.2) is 9.18 Å². The third-order valence-electron chi connectivity index (χ3n) is 8.59. The van der Waals surface area contributed by atoms with E-state index in [2.05, 4.69) is 15.9 Å². The lowest BCUT2D eigenvalue weighted by molar-refractivity contribution is -0.132. The Bertz CT molecular complexity index is 1580. The lowest BCUT2D eigenvalue weighted by Gasteiger charge is -2.35. The summed E-state index contributed by atoms with van der Waals surface area (Å²) in [6.07, 6.45) is 9.54. The molecule has 3 atom stereocenters. The van der Waals surface area contributed by atoms with Crippen molar-refractivity contribution >= 4 is 29.6 Å². The van der Waals surface area contributed by atoms with Crippen LogP contribution in [0.1, 0.15) is 36.8 Å². The number of benzene rings is 2. The number of para-hydroxylation sites is 1. The number of hydrogen-bond acceptors (Lipinski definition) is 8. The van der Waals surface area contributed by atoms with Crippen molar-refractivity contribution in [3.63, 3.8) is 0 Å². The Hall–Kier alpha value is -4.15.